The maximum atomic E-state index is 13.2. The van der Waals surface area contributed by atoms with Crippen LogP contribution in [0.15, 0.2) is 47.4 Å². The highest BCUT2D eigenvalue weighted by atomic mass is 35.5. The molecule has 25 heavy (non-hydrogen) atoms. The van der Waals surface area contributed by atoms with E-state index in [0.717, 1.165) is 22.3 Å². The lowest BCUT2D eigenvalue weighted by atomic mass is 9.95. The molecule has 6 heteroatoms. The summed E-state index contributed by atoms with van der Waals surface area (Å²) in [4.78, 5) is 0.425. The van der Waals surface area contributed by atoms with Gasteiger partial charge in [0.25, 0.3) is 0 Å². The Bertz CT molecular complexity index is 830. The van der Waals surface area contributed by atoms with Crippen LogP contribution in [0.5, 0.6) is 0 Å². The molecule has 136 valence electrons. The van der Waals surface area contributed by atoms with Gasteiger partial charge in [0.05, 0.1) is 4.90 Å². The van der Waals surface area contributed by atoms with Gasteiger partial charge in [-0.3, -0.25) is 0 Å². The largest absolute Gasteiger partial charge is 0.326 e. The van der Waals surface area contributed by atoms with Crippen LogP contribution in [0.25, 0.3) is 0 Å². The van der Waals surface area contributed by atoms with Gasteiger partial charge >= 0.3 is 0 Å². The van der Waals surface area contributed by atoms with Crippen LogP contribution >= 0.6 is 12.4 Å². The molecule has 1 saturated heterocycles. The zero-order valence-corrected chi connectivity index (χ0v) is 16.4. The van der Waals surface area contributed by atoms with E-state index in [0.29, 0.717) is 18.0 Å². The van der Waals surface area contributed by atoms with Crippen LogP contribution in [0.1, 0.15) is 28.2 Å². The fourth-order valence-corrected chi connectivity index (χ4v) is 5.66. The van der Waals surface area contributed by atoms with Crippen LogP contribution in [-0.2, 0) is 10.0 Å². The van der Waals surface area contributed by atoms with Crippen molar-refractivity contribution in [1.82, 2.24) is 4.31 Å². The summed E-state index contributed by atoms with van der Waals surface area (Å²) < 4.78 is 27.9. The van der Waals surface area contributed by atoms with Crippen LogP contribution < -0.4 is 5.73 Å². The van der Waals surface area contributed by atoms with Crippen LogP contribution in [0.2, 0.25) is 0 Å². The van der Waals surface area contributed by atoms with Gasteiger partial charge in [0.2, 0.25) is 10.0 Å². The van der Waals surface area contributed by atoms with Crippen molar-refractivity contribution in [2.24, 2.45) is 5.73 Å². The van der Waals surface area contributed by atoms with Gasteiger partial charge in [0, 0.05) is 25.0 Å². The first-order chi connectivity index (χ1) is 11.3. The second-order valence-corrected chi connectivity index (χ2v) is 8.61. The number of halogens is 1. The van der Waals surface area contributed by atoms with E-state index in [-0.39, 0.29) is 24.4 Å². The van der Waals surface area contributed by atoms with Crippen molar-refractivity contribution in [3.05, 3.63) is 64.7 Å². The summed E-state index contributed by atoms with van der Waals surface area (Å²) >= 11 is 0. The van der Waals surface area contributed by atoms with Crippen molar-refractivity contribution in [3.8, 4) is 0 Å². The molecular weight excluding hydrogens is 356 g/mol. The number of rotatable bonds is 3. The molecule has 0 spiro atoms. The third kappa shape index (κ3) is 3.75. The third-order valence-corrected chi connectivity index (χ3v) is 6.90. The minimum absolute atomic E-state index is 0. The number of nitrogens with zero attached hydrogens (tertiary/aromatic N) is 1. The third-order valence-electron chi connectivity index (χ3n) is 4.76. The summed E-state index contributed by atoms with van der Waals surface area (Å²) in [5, 5.41) is 0. The fraction of sp³-hybridized carbons (Fsp3) is 0.368. The maximum Gasteiger partial charge on any atom is 0.243 e. The molecule has 1 fully saturated rings. The molecule has 0 bridgehead atoms. The Balaban J connectivity index is 0.00000225. The molecule has 2 atom stereocenters. The van der Waals surface area contributed by atoms with E-state index in [1.54, 1.807) is 4.31 Å². The maximum absolute atomic E-state index is 13.2. The number of hydrogen-bond donors (Lipinski definition) is 1. The second-order valence-electron chi connectivity index (χ2n) is 6.73. The van der Waals surface area contributed by atoms with E-state index in [2.05, 4.69) is 0 Å². The lowest BCUT2D eigenvalue weighted by Gasteiger charge is -2.20. The highest BCUT2D eigenvalue weighted by molar-refractivity contribution is 7.89. The van der Waals surface area contributed by atoms with Crippen molar-refractivity contribution in [3.63, 3.8) is 0 Å². The Kier molecular flexibility index (Phi) is 5.94. The lowest BCUT2D eigenvalue weighted by molar-refractivity contribution is 0.469. The normalized spacial score (nSPS) is 21.1. The quantitative estimate of drug-likeness (QED) is 0.889. The van der Waals surface area contributed by atoms with Crippen molar-refractivity contribution >= 4 is 22.4 Å². The summed E-state index contributed by atoms with van der Waals surface area (Å²) in [7, 11) is -3.54. The van der Waals surface area contributed by atoms with E-state index in [1.807, 2.05) is 63.2 Å². The molecule has 2 aromatic rings. The Morgan fingerprint density at radius 3 is 2.12 bits per heavy atom. The van der Waals surface area contributed by atoms with Gasteiger partial charge < -0.3 is 5.73 Å². The Morgan fingerprint density at radius 2 is 1.56 bits per heavy atom. The highest BCUT2D eigenvalue weighted by Crippen LogP contribution is 2.32. The van der Waals surface area contributed by atoms with E-state index in [9.17, 15) is 8.42 Å². The number of nitrogens with two attached hydrogens (primary N) is 1. The number of hydrogen-bond acceptors (Lipinski definition) is 3. The zero-order chi connectivity index (χ0) is 17.5. The minimum Gasteiger partial charge on any atom is -0.326 e. The predicted octanol–water partition coefficient (Wildman–Crippen LogP) is 3.15. The van der Waals surface area contributed by atoms with Gasteiger partial charge in [-0.2, -0.15) is 4.31 Å². The molecule has 0 amide bonds. The summed E-state index contributed by atoms with van der Waals surface area (Å²) in [5.74, 6) is 0.0343. The smallest absolute Gasteiger partial charge is 0.243 e. The molecule has 4 nitrogen and oxygen atoms in total. The van der Waals surface area contributed by atoms with Gasteiger partial charge in [-0.25, -0.2) is 8.42 Å². The molecule has 0 unspecified atom stereocenters. The Hall–Kier alpha value is -1.40. The highest BCUT2D eigenvalue weighted by Gasteiger charge is 2.39. The molecule has 3 rings (SSSR count). The van der Waals surface area contributed by atoms with Gasteiger partial charge in [-0.05, 0) is 37.5 Å². The average Bonchev–Trinajstić information content (AvgIpc) is 2.89. The first-order valence-electron chi connectivity index (χ1n) is 8.19. The minimum atomic E-state index is -3.54. The Labute approximate surface area is 156 Å². The predicted molar refractivity (Wildman–Crippen MR) is 104 cm³/mol. The molecular formula is C19H25ClN2O2S. The fourth-order valence-electron chi connectivity index (χ4n) is 3.74. The van der Waals surface area contributed by atoms with Crippen molar-refractivity contribution in [1.29, 1.82) is 0 Å². The van der Waals surface area contributed by atoms with Gasteiger partial charge in [0.1, 0.15) is 0 Å². The van der Waals surface area contributed by atoms with Crippen LogP contribution in [-0.4, -0.2) is 31.9 Å². The first kappa shape index (κ1) is 19.9. The van der Waals surface area contributed by atoms with E-state index >= 15 is 0 Å². The van der Waals surface area contributed by atoms with Crippen LogP contribution in [0.4, 0.5) is 0 Å². The second kappa shape index (κ2) is 7.46. The molecule has 1 aliphatic heterocycles. The summed E-state index contributed by atoms with van der Waals surface area (Å²) in [6, 6.07) is 13.6. The molecule has 0 saturated carbocycles. The molecule has 0 radical (unpaired) electrons. The van der Waals surface area contributed by atoms with Crippen LogP contribution in [0, 0.1) is 20.8 Å². The summed E-state index contributed by atoms with van der Waals surface area (Å²) in [6.45, 7) is 6.48. The van der Waals surface area contributed by atoms with E-state index in [1.165, 1.54) is 0 Å². The molecule has 0 aromatic heterocycles. The summed E-state index contributed by atoms with van der Waals surface area (Å²) in [6.07, 6.45) is 0. The van der Waals surface area contributed by atoms with Gasteiger partial charge in [-0.15, -0.1) is 12.4 Å². The van der Waals surface area contributed by atoms with Crippen molar-refractivity contribution in [2.45, 2.75) is 37.6 Å². The zero-order valence-electron chi connectivity index (χ0n) is 14.8. The first-order valence-corrected chi connectivity index (χ1v) is 9.63. The van der Waals surface area contributed by atoms with E-state index < -0.39 is 10.0 Å². The van der Waals surface area contributed by atoms with Crippen LogP contribution in [0.3, 0.4) is 0 Å². The topological polar surface area (TPSA) is 63.4 Å². The van der Waals surface area contributed by atoms with Crippen molar-refractivity contribution < 1.29 is 8.42 Å². The Morgan fingerprint density at radius 1 is 1.00 bits per heavy atom. The van der Waals surface area contributed by atoms with E-state index in [4.69, 9.17) is 5.73 Å². The standard InChI is InChI=1S/C19H24N2O2S.ClH/c1-13-9-14(2)19(15(3)10-13)24(22,23)21-11-17(18(20)12-21)16-7-5-4-6-8-16;/h4-10,17-18H,11-12,20H2,1-3H3;1H/t17-,18+;/m0./s1. The van der Waals surface area contributed by atoms with Gasteiger partial charge in [0.15, 0.2) is 0 Å². The monoisotopic (exact) mass is 380 g/mol. The number of aryl methyl sites for hydroxylation is 3. The molecule has 1 heterocycles. The number of sulfonamides is 1. The number of benzene rings is 2. The molecule has 0 aliphatic carbocycles. The average molecular weight is 381 g/mol. The lowest BCUT2D eigenvalue weighted by Crippen LogP contribution is -2.33. The SMILES string of the molecule is Cc1cc(C)c(S(=O)(=O)N2C[C@@H](N)[C@H](c3ccccc3)C2)c(C)c1.Cl. The molecule has 2 aromatic carbocycles. The summed E-state index contributed by atoms with van der Waals surface area (Å²) in [5.41, 5.74) is 10.0. The molecule has 2 N–H and O–H groups in total. The molecule has 1 aliphatic rings. The van der Waals surface area contributed by atoms with Crippen molar-refractivity contribution in [2.75, 3.05) is 13.1 Å². The van der Waals surface area contributed by atoms with Gasteiger partial charge in [-0.1, -0.05) is 48.0 Å².